The summed E-state index contributed by atoms with van der Waals surface area (Å²) in [5.41, 5.74) is 2.03. The van der Waals surface area contributed by atoms with Gasteiger partial charge in [-0.05, 0) is 24.0 Å². The Hall–Kier alpha value is -1.47. The average Bonchev–Trinajstić information content (AvgIpc) is 2.45. The van der Waals surface area contributed by atoms with E-state index >= 15 is 0 Å². The minimum Gasteiger partial charge on any atom is -0.373 e. The summed E-state index contributed by atoms with van der Waals surface area (Å²) in [6.45, 7) is -0.224. The van der Waals surface area contributed by atoms with E-state index in [2.05, 4.69) is 0 Å². The van der Waals surface area contributed by atoms with Crippen LogP contribution in [0.25, 0.3) is 0 Å². The molecule has 1 aromatic carbocycles. The molecule has 1 aliphatic heterocycles. The van der Waals surface area contributed by atoms with Gasteiger partial charge in [-0.3, -0.25) is 13.9 Å². The normalized spacial score (nSPS) is 18.0. The molecule has 21 heavy (non-hydrogen) atoms. The predicted molar refractivity (Wildman–Crippen MR) is 76.0 cm³/mol. The van der Waals surface area contributed by atoms with Gasteiger partial charge in [0.1, 0.15) is 0 Å². The minimum absolute atomic E-state index is 0.0636. The Morgan fingerprint density at radius 3 is 2.90 bits per heavy atom. The zero-order chi connectivity index (χ0) is 15.3. The van der Waals surface area contributed by atoms with Crippen LogP contribution in [0.2, 0.25) is 0 Å². The van der Waals surface area contributed by atoms with Crippen molar-refractivity contribution in [3.8, 4) is 0 Å². The number of alkyl halides is 1. The van der Waals surface area contributed by atoms with E-state index in [1.165, 1.54) is 0 Å². The van der Waals surface area contributed by atoms with Gasteiger partial charge in [0.2, 0.25) is 15.9 Å². The highest BCUT2D eigenvalue weighted by atomic mass is 32.2. The van der Waals surface area contributed by atoms with Crippen LogP contribution in [0.3, 0.4) is 0 Å². The summed E-state index contributed by atoms with van der Waals surface area (Å²) in [4.78, 5) is 11.8. The van der Waals surface area contributed by atoms with E-state index < -0.39 is 34.5 Å². The Morgan fingerprint density at radius 2 is 2.14 bits per heavy atom. The lowest BCUT2D eigenvalue weighted by Gasteiger charge is -2.25. The van der Waals surface area contributed by atoms with E-state index in [9.17, 15) is 17.6 Å². The van der Waals surface area contributed by atoms with Crippen molar-refractivity contribution in [2.45, 2.75) is 25.4 Å². The highest BCUT2D eigenvalue weighted by Crippen LogP contribution is 2.29. The summed E-state index contributed by atoms with van der Waals surface area (Å²) in [6, 6.07) is 7.63. The van der Waals surface area contributed by atoms with E-state index in [0.717, 1.165) is 17.5 Å². The highest BCUT2D eigenvalue weighted by Gasteiger charge is 2.24. The average molecular weight is 315 g/mol. The van der Waals surface area contributed by atoms with Gasteiger partial charge in [-0.1, -0.05) is 24.3 Å². The zero-order valence-electron chi connectivity index (χ0n) is 11.5. The Bertz CT molecular complexity index is 603. The fraction of sp³-hybridized carbons (Fsp3) is 0.500. The Morgan fingerprint density at radius 1 is 1.38 bits per heavy atom. The molecule has 116 valence electrons. The number of ether oxygens (including phenoxy) is 1. The monoisotopic (exact) mass is 315 g/mol. The fourth-order valence-corrected chi connectivity index (χ4v) is 3.35. The van der Waals surface area contributed by atoms with Gasteiger partial charge in [0.25, 0.3) is 0 Å². The van der Waals surface area contributed by atoms with Crippen LogP contribution in [0.1, 0.15) is 30.1 Å². The third-order valence-corrected chi connectivity index (χ3v) is 4.64. The number of fused-ring (bicyclic) bond motifs is 1. The SMILES string of the molecule is O=C(C[C@H]1OCCc2ccccc21)NS(=O)(=O)CCCF. The number of hydrogen-bond acceptors (Lipinski definition) is 4. The van der Waals surface area contributed by atoms with E-state index in [0.29, 0.717) is 6.61 Å². The fourth-order valence-electron chi connectivity index (χ4n) is 2.32. The van der Waals surface area contributed by atoms with Crippen LogP contribution in [0.5, 0.6) is 0 Å². The molecule has 1 aromatic rings. The maximum atomic E-state index is 12.0. The smallest absolute Gasteiger partial charge is 0.236 e. The van der Waals surface area contributed by atoms with Gasteiger partial charge in [-0.25, -0.2) is 8.42 Å². The molecule has 1 amide bonds. The Labute approximate surface area is 123 Å². The summed E-state index contributed by atoms with van der Waals surface area (Å²) in [7, 11) is -3.77. The molecule has 0 radical (unpaired) electrons. The van der Waals surface area contributed by atoms with Crippen molar-refractivity contribution < 1.29 is 22.3 Å². The van der Waals surface area contributed by atoms with Crippen molar-refractivity contribution in [1.29, 1.82) is 0 Å². The number of carbonyl (C=O) groups excluding carboxylic acids is 1. The van der Waals surface area contributed by atoms with E-state index in [1.807, 2.05) is 29.0 Å². The maximum Gasteiger partial charge on any atom is 0.236 e. The molecule has 0 bridgehead atoms. The van der Waals surface area contributed by atoms with Gasteiger partial charge >= 0.3 is 0 Å². The summed E-state index contributed by atoms with van der Waals surface area (Å²) < 4.78 is 42.6. The topological polar surface area (TPSA) is 72.5 Å². The third-order valence-electron chi connectivity index (χ3n) is 3.28. The number of halogens is 1. The number of nitrogens with one attached hydrogen (secondary N) is 1. The van der Waals surface area contributed by atoms with Crippen LogP contribution in [0, 0.1) is 0 Å². The largest absolute Gasteiger partial charge is 0.373 e. The molecule has 2 rings (SSSR count). The van der Waals surface area contributed by atoms with Crippen LogP contribution in [-0.2, 0) is 26.0 Å². The second-order valence-corrected chi connectivity index (χ2v) is 6.74. The molecule has 0 aliphatic carbocycles. The second kappa shape index (κ2) is 7.00. The standard InChI is InChI=1S/C14H18FNO4S/c15-7-3-9-21(18,19)16-14(17)10-13-12-5-2-1-4-11(12)6-8-20-13/h1-2,4-5,13H,3,6-10H2,(H,16,17)/t13-/m1/s1. The van der Waals surface area contributed by atoms with Gasteiger partial charge in [-0.15, -0.1) is 0 Å². The van der Waals surface area contributed by atoms with Crippen molar-refractivity contribution in [2.24, 2.45) is 0 Å². The van der Waals surface area contributed by atoms with Gasteiger partial charge in [0.15, 0.2) is 0 Å². The van der Waals surface area contributed by atoms with Gasteiger partial charge in [0, 0.05) is 0 Å². The highest BCUT2D eigenvalue weighted by molar-refractivity contribution is 7.90. The number of carbonyl (C=O) groups is 1. The lowest BCUT2D eigenvalue weighted by molar-refractivity contribution is -0.122. The molecule has 0 fully saturated rings. The lowest BCUT2D eigenvalue weighted by Crippen LogP contribution is -2.34. The Balaban J connectivity index is 1.98. The van der Waals surface area contributed by atoms with E-state index in [-0.39, 0.29) is 12.8 Å². The van der Waals surface area contributed by atoms with Crippen molar-refractivity contribution in [1.82, 2.24) is 4.72 Å². The first-order valence-corrected chi connectivity index (χ1v) is 8.46. The number of amides is 1. The number of benzene rings is 1. The molecule has 5 nitrogen and oxygen atoms in total. The van der Waals surface area contributed by atoms with Crippen molar-refractivity contribution in [2.75, 3.05) is 19.0 Å². The van der Waals surface area contributed by atoms with Crippen LogP contribution < -0.4 is 4.72 Å². The molecule has 1 aliphatic rings. The predicted octanol–water partition coefficient (Wildman–Crippen LogP) is 1.50. The molecule has 0 unspecified atom stereocenters. The first-order chi connectivity index (χ1) is 10.0. The van der Waals surface area contributed by atoms with Gasteiger partial charge in [0.05, 0.1) is 31.6 Å². The molecule has 1 heterocycles. The summed E-state index contributed by atoms with van der Waals surface area (Å²) >= 11 is 0. The molecule has 0 aromatic heterocycles. The van der Waals surface area contributed by atoms with Crippen LogP contribution >= 0.6 is 0 Å². The molecule has 0 saturated heterocycles. The number of rotatable bonds is 6. The molecule has 7 heteroatoms. The lowest BCUT2D eigenvalue weighted by atomic mass is 9.96. The molecular weight excluding hydrogens is 297 g/mol. The first kappa shape index (κ1) is 15.9. The van der Waals surface area contributed by atoms with E-state index in [1.54, 1.807) is 0 Å². The molecular formula is C14H18FNO4S. The van der Waals surface area contributed by atoms with Crippen LogP contribution in [0.15, 0.2) is 24.3 Å². The van der Waals surface area contributed by atoms with Gasteiger partial charge < -0.3 is 4.74 Å². The molecule has 1 N–H and O–H groups in total. The van der Waals surface area contributed by atoms with Crippen LogP contribution in [-0.4, -0.2) is 33.4 Å². The second-order valence-electron chi connectivity index (χ2n) is 4.90. The summed E-state index contributed by atoms with van der Waals surface area (Å²) in [5.74, 6) is -1.02. The summed E-state index contributed by atoms with van der Waals surface area (Å²) in [5, 5.41) is 0. The quantitative estimate of drug-likeness (QED) is 0.863. The molecule has 1 atom stereocenters. The van der Waals surface area contributed by atoms with Crippen LogP contribution in [0.4, 0.5) is 4.39 Å². The number of hydrogen-bond donors (Lipinski definition) is 1. The summed E-state index contributed by atoms with van der Waals surface area (Å²) in [6.07, 6.45) is 0.159. The third kappa shape index (κ3) is 4.50. The van der Waals surface area contributed by atoms with Crippen molar-refractivity contribution in [3.05, 3.63) is 35.4 Å². The molecule has 0 saturated carbocycles. The van der Waals surface area contributed by atoms with Crippen molar-refractivity contribution in [3.63, 3.8) is 0 Å². The van der Waals surface area contributed by atoms with Gasteiger partial charge in [-0.2, -0.15) is 0 Å². The first-order valence-electron chi connectivity index (χ1n) is 6.80. The minimum atomic E-state index is -3.77. The van der Waals surface area contributed by atoms with E-state index in [4.69, 9.17) is 4.74 Å². The molecule has 0 spiro atoms. The maximum absolute atomic E-state index is 12.0. The van der Waals surface area contributed by atoms with Crippen molar-refractivity contribution >= 4 is 15.9 Å². The Kier molecular flexibility index (Phi) is 5.30. The number of sulfonamides is 1. The zero-order valence-corrected chi connectivity index (χ0v) is 12.4.